The third-order valence-electron chi connectivity index (χ3n) is 6.80. The number of piperazine rings is 1. The number of halogens is 5. The second-order valence-electron chi connectivity index (χ2n) is 9.72. The summed E-state index contributed by atoms with van der Waals surface area (Å²) in [5, 5.41) is 2.57. The molecule has 1 amide bonds. The maximum absolute atomic E-state index is 15.0. The lowest BCUT2D eigenvalue weighted by Crippen LogP contribution is -2.53. The van der Waals surface area contributed by atoms with Gasteiger partial charge < -0.3 is 24.6 Å². The lowest BCUT2D eigenvalue weighted by molar-refractivity contribution is -0.137. The Bertz CT molecular complexity index is 1260. The standard InChI is InChI=1S/C27H31F5N4O3S/c1-16-12-35(2)6-7-36(16)26-20-11-21(27(30,31)32)23(19-5-4-17(28)10-22(19)29)25(24(20)33-15-37)40-14-18(34-26)13-39-9-8-38-3/h4-5,10-11,15-16,18H,6-9,12-14H2,1-3H3,(H,33,37). The SMILES string of the molecule is COCCOCC1CSc2c(NC=O)c(cc(C(F)(F)F)c2-c2ccc(F)cc2F)C(N2CCN(C)CC2C)=N1. The summed E-state index contributed by atoms with van der Waals surface area (Å²) in [5.41, 5.74) is -1.82. The summed E-state index contributed by atoms with van der Waals surface area (Å²) in [5.74, 6) is -1.58. The summed E-state index contributed by atoms with van der Waals surface area (Å²) in [7, 11) is 3.50. The van der Waals surface area contributed by atoms with Gasteiger partial charge in [0.2, 0.25) is 6.41 Å². The fourth-order valence-electron chi connectivity index (χ4n) is 4.95. The molecule has 40 heavy (non-hydrogen) atoms. The van der Waals surface area contributed by atoms with Gasteiger partial charge in [-0.3, -0.25) is 9.79 Å². The molecule has 0 spiro atoms. The molecule has 2 aromatic rings. The van der Waals surface area contributed by atoms with E-state index in [2.05, 4.69) is 10.2 Å². The molecule has 13 heteroatoms. The number of likely N-dealkylation sites (N-methyl/N-ethyl adjacent to an activating group) is 1. The van der Waals surface area contributed by atoms with Crippen LogP contribution in [0.2, 0.25) is 0 Å². The second kappa shape index (κ2) is 12.8. The molecule has 7 nitrogen and oxygen atoms in total. The maximum Gasteiger partial charge on any atom is 0.417 e. The zero-order valence-corrected chi connectivity index (χ0v) is 23.2. The van der Waals surface area contributed by atoms with Crippen molar-refractivity contribution >= 4 is 29.7 Å². The first-order valence-electron chi connectivity index (χ1n) is 12.7. The van der Waals surface area contributed by atoms with Gasteiger partial charge in [0.25, 0.3) is 0 Å². The molecule has 2 aromatic carbocycles. The average molecular weight is 587 g/mol. The number of aliphatic imine (C=N–C) groups is 1. The Morgan fingerprint density at radius 2 is 1.95 bits per heavy atom. The molecular formula is C27H31F5N4O3S. The molecule has 1 fully saturated rings. The maximum atomic E-state index is 15.0. The van der Waals surface area contributed by atoms with E-state index in [1.54, 1.807) is 7.11 Å². The fraction of sp³-hybridized carbons (Fsp3) is 0.481. The summed E-state index contributed by atoms with van der Waals surface area (Å²) < 4.78 is 83.5. The van der Waals surface area contributed by atoms with Crippen LogP contribution in [0.1, 0.15) is 18.1 Å². The summed E-state index contributed by atoms with van der Waals surface area (Å²) >= 11 is 1.01. The van der Waals surface area contributed by atoms with E-state index >= 15 is 4.39 Å². The Balaban J connectivity index is 1.98. The molecule has 0 aromatic heterocycles. The number of amides is 1. The number of nitrogens with zero attached hydrogens (tertiary/aromatic N) is 3. The topological polar surface area (TPSA) is 66.4 Å². The first-order valence-corrected chi connectivity index (χ1v) is 13.7. The van der Waals surface area contributed by atoms with Gasteiger partial charge in [-0.05, 0) is 32.2 Å². The molecule has 1 N–H and O–H groups in total. The number of fused-ring (bicyclic) bond motifs is 2. The van der Waals surface area contributed by atoms with Crippen LogP contribution in [0.3, 0.4) is 0 Å². The number of carbonyl (C=O) groups excluding carboxylic acids is 1. The minimum absolute atomic E-state index is 0.0264. The van der Waals surface area contributed by atoms with Crippen LogP contribution in [0.5, 0.6) is 0 Å². The third kappa shape index (κ3) is 6.59. The van der Waals surface area contributed by atoms with Gasteiger partial charge in [-0.2, -0.15) is 13.2 Å². The molecule has 2 bridgehead atoms. The van der Waals surface area contributed by atoms with E-state index in [4.69, 9.17) is 14.5 Å². The van der Waals surface area contributed by atoms with Crippen molar-refractivity contribution in [3.8, 4) is 11.1 Å². The van der Waals surface area contributed by atoms with Gasteiger partial charge in [-0.15, -0.1) is 11.8 Å². The van der Waals surface area contributed by atoms with Crippen molar-refractivity contribution in [3.05, 3.63) is 47.0 Å². The number of nitrogens with one attached hydrogen (secondary N) is 1. The monoisotopic (exact) mass is 586 g/mol. The molecule has 2 heterocycles. The van der Waals surface area contributed by atoms with E-state index in [1.807, 2.05) is 18.9 Å². The summed E-state index contributed by atoms with van der Waals surface area (Å²) in [4.78, 5) is 20.7. The normalized spacial score (nSPS) is 20.1. The number of alkyl halides is 3. The van der Waals surface area contributed by atoms with Crippen molar-refractivity contribution in [2.45, 2.75) is 30.1 Å². The van der Waals surface area contributed by atoms with Gasteiger partial charge in [0, 0.05) is 66.2 Å². The Morgan fingerprint density at radius 1 is 1.18 bits per heavy atom. The fourth-order valence-corrected chi connectivity index (χ4v) is 6.16. The Labute approximate surface area is 233 Å². The average Bonchev–Trinajstić information content (AvgIpc) is 2.88. The molecule has 1 saturated heterocycles. The van der Waals surface area contributed by atoms with E-state index in [0.29, 0.717) is 51.2 Å². The van der Waals surface area contributed by atoms with Crippen LogP contribution in [-0.2, 0) is 20.4 Å². The van der Waals surface area contributed by atoms with Crippen molar-refractivity contribution in [2.24, 2.45) is 4.99 Å². The number of carbonyl (C=O) groups is 1. The molecule has 2 aliphatic rings. The van der Waals surface area contributed by atoms with Crippen molar-refractivity contribution in [3.63, 3.8) is 0 Å². The highest BCUT2D eigenvalue weighted by molar-refractivity contribution is 7.99. The number of methoxy groups -OCH3 is 1. The van der Waals surface area contributed by atoms with E-state index in [0.717, 1.165) is 30.0 Å². The predicted molar refractivity (Wildman–Crippen MR) is 144 cm³/mol. The molecule has 218 valence electrons. The molecule has 2 atom stereocenters. The number of ether oxygens (including phenoxy) is 2. The van der Waals surface area contributed by atoms with Gasteiger partial charge in [-0.1, -0.05) is 0 Å². The first kappa shape index (κ1) is 30.2. The van der Waals surface area contributed by atoms with E-state index in [1.165, 1.54) is 0 Å². The second-order valence-corrected chi connectivity index (χ2v) is 10.8. The smallest absolute Gasteiger partial charge is 0.382 e. The van der Waals surface area contributed by atoms with Crippen molar-refractivity contribution in [1.29, 1.82) is 0 Å². The van der Waals surface area contributed by atoms with E-state index < -0.39 is 40.5 Å². The van der Waals surface area contributed by atoms with Crippen molar-refractivity contribution in [2.75, 3.05) is 64.7 Å². The van der Waals surface area contributed by atoms with Gasteiger partial charge >= 0.3 is 6.18 Å². The number of hydrogen-bond donors (Lipinski definition) is 1. The van der Waals surface area contributed by atoms with Crippen LogP contribution in [-0.4, -0.2) is 93.5 Å². The minimum atomic E-state index is -4.89. The van der Waals surface area contributed by atoms with Crippen LogP contribution >= 0.6 is 11.8 Å². The predicted octanol–water partition coefficient (Wildman–Crippen LogP) is 4.74. The molecule has 2 aliphatic heterocycles. The molecule has 0 saturated carbocycles. The third-order valence-corrected chi connectivity index (χ3v) is 8.05. The summed E-state index contributed by atoms with van der Waals surface area (Å²) in [6, 6.07) is 2.78. The highest BCUT2D eigenvalue weighted by Gasteiger charge is 2.40. The van der Waals surface area contributed by atoms with Gasteiger partial charge in [0.15, 0.2) is 0 Å². The lowest BCUT2D eigenvalue weighted by Gasteiger charge is -2.41. The van der Waals surface area contributed by atoms with E-state index in [-0.39, 0.29) is 34.5 Å². The quantitative estimate of drug-likeness (QED) is 0.274. The van der Waals surface area contributed by atoms with Crippen molar-refractivity contribution < 1.29 is 36.2 Å². The summed E-state index contributed by atoms with van der Waals surface area (Å²) in [6.07, 6.45) is -4.51. The highest BCUT2D eigenvalue weighted by atomic mass is 32.2. The Hall–Kier alpha value is -2.74. The molecule has 4 rings (SSSR count). The lowest BCUT2D eigenvalue weighted by atomic mass is 9.93. The first-order chi connectivity index (χ1) is 19.0. The van der Waals surface area contributed by atoms with Crippen LogP contribution in [0, 0.1) is 11.6 Å². The zero-order valence-electron chi connectivity index (χ0n) is 22.4. The molecular weight excluding hydrogens is 555 g/mol. The number of amidine groups is 1. The molecule has 2 unspecified atom stereocenters. The Kier molecular flexibility index (Phi) is 9.70. The number of thioether (sulfide) groups is 1. The molecule has 0 aliphatic carbocycles. The van der Waals surface area contributed by atoms with Crippen LogP contribution in [0.25, 0.3) is 11.1 Å². The largest absolute Gasteiger partial charge is 0.417 e. The minimum Gasteiger partial charge on any atom is -0.382 e. The Morgan fingerprint density at radius 3 is 2.60 bits per heavy atom. The van der Waals surface area contributed by atoms with Gasteiger partial charge in [-0.25, -0.2) is 8.78 Å². The van der Waals surface area contributed by atoms with Crippen LogP contribution < -0.4 is 5.32 Å². The summed E-state index contributed by atoms with van der Waals surface area (Å²) in [6.45, 7) is 4.60. The van der Waals surface area contributed by atoms with Gasteiger partial charge in [0.05, 0.1) is 37.1 Å². The molecule has 0 radical (unpaired) electrons. The van der Waals surface area contributed by atoms with Crippen molar-refractivity contribution in [1.82, 2.24) is 9.80 Å². The van der Waals surface area contributed by atoms with Crippen LogP contribution in [0.15, 0.2) is 34.2 Å². The number of hydrogen-bond acceptors (Lipinski definition) is 7. The number of anilines is 1. The van der Waals surface area contributed by atoms with Crippen LogP contribution in [0.4, 0.5) is 27.6 Å². The highest BCUT2D eigenvalue weighted by Crippen LogP contribution is 2.49. The zero-order chi connectivity index (χ0) is 29.0. The number of rotatable bonds is 8. The van der Waals surface area contributed by atoms with Gasteiger partial charge in [0.1, 0.15) is 17.5 Å². The number of benzene rings is 2. The van der Waals surface area contributed by atoms with E-state index in [9.17, 15) is 22.4 Å².